The number of likely N-dealkylation sites (tertiary alicyclic amines) is 1. The maximum atomic E-state index is 5.85. The SMILES string of the molecule is CC#CCCN1CCC[C@@H](N)C1. The van der Waals surface area contributed by atoms with E-state index in [4.69, 9.17) is 5.73 Å². The van der Waals surface area contributed by atoms with Gasteiger partial charge in [0.15, 0.2) is 0 Å². The maximum Gasteiger partial charge on any atom is 0.0216 e. The number of hydrogen-bond acceptors (Lipinski definition) is 2. The van der Waals surface area contributed by atoms with Crippen LogP contribution in [0, 0.1) is 11.8 Å². The van der Waals surface area contributed by atoms with Gasteiger partial charge in [0, 0.05) is 25.6 Å². The van der Waals surface area contributed by atoms with Crippen molar-refractivity contribution in [1.29, 1.82) is 0 Å². The van der Waals surface area contributed by atoms with Crippen LogP contribution in [0.5, 0.6) is 0 Å². The first-order valence-corrected chi connectivity index (χ1v) is 4.70. The number of rotatable bonds is 2. The molecule has 0 bridgehead atoms. The summed E-state index contributed by atoms with van der Waals surface area (Å²) in [7, 11) is 0. The fourth-order valence-corrected chi connectivity index (χ4v) is 1.63. The lowest BCUT2D eigenvalue weighted by Gasteiger charge is -2.29. The van der Waals surface area contributed by atoms with Crippen molar-refractivity contribution in [2.75, 3.05) is 19.6 Å². The summed E-state index contributed by atoms with van der Waals surface area (Å²) in [5, 5.41) is 0. The Morgan fingerprint density at radius 2 is 2.42 bits per heavy atom. The summed E-state index contributed by atoms with van der Waals surface area (Å²) in [6, 6.07) is 0.397. The Bertz CT molecular complexity index is 178. The second-order valence-electron chi connectivity index (χ2n) is 3.38. The average Bonchev–Trinajstić information content (AvgIpc) is 2.05. The predicted octanol–water partition coefficient (Wildman–Crippen LogP) is 0.823. The summed E-state index contributed by atoms with van der Waals surface area (Å²) in [5.74, 6) is 5.99. The third-order valence-electron chi connectivity index (χ3n) is 2.27. The molecule has 1 fully saturated rings. The van der Waals surface area contributed by atoms with Crippen LogP contribution in [0.3, 0.4) is 0 Å². The summed E-state index contributed by atoms with van der Waals surface area (Å²) >= 11 is 0. The van der Waals surface area contributed by atoms with Gasteiger partial charge in [-0.3, -0.25) is 0 Å². The summed E-state index contributed by atoms with van der Waals surface area (Å²) in [5.41, 5.74) is 5.85. The molecule has 0 aromatic heterocycles. The van der Waals surface area contributed by atoms with Gasteiger partial charge >= 0.3 is 0 Å². The zero-order valence-corrected chi connectivity index (χ0v) is 7.84. The second kappa shape index (κ2) is 5.18. The molecule has 1 aliphatic rings. The lowest BCUT2D eigenvalue weighted by atomic mass is 10.1. The van der Waals surface area contributed by atoms with E-state index in [0.717, 1.165) is 19.5 Å². The van der Waals surface area contributed by atoms with E-state index in [9.17, 15) is 0 Å². The summed E-state index contributed by atoms with van der Waals surface area (Å²) < 4.78 is 0. The highest BCUT2D eigenvalue weighted by Crippen LogP contribution is 2.07. The molecule has 0 saturated carbocycles. The van der Waals surface area contributed by atoms with Crippen LogP contribution in [0.4, 0.5) is 0 Å². The molecule has 1 rings (SSSR count). The van der Waals surface area contributed by atoms with E-state index in [-0.39, 0.29) is 0 Å². The van der Waals surface area contributed by atoms with Gasteiger partial charge in [-0.2, -0.15) is 0 Å². The lowest BCUT2D eigenvalue weighted by Crippen LogP contribution is -2.42. The van der Waals surface area contributed by atoms with Crippen molar-refractivity contribution in [1.82, 2.24) is 4.90 Å². The van der Waals surface area contributed by atoms with Crippen LogP contribution in [0.25, 0.3) is 0 Å². The molecular weight excluding hydrogens is 148 g/mol. The van der Waals surface area contributed by atoms with Crippen LogP contribution < -0.4 is 5.73 Å². The van der Waals surface area contributed by atoms with Gasteiger partial charge in [0.2, 0.25) is 0 Å². The van der Waals surface area contributed by atoms with Crippen LogP contribution in [0.1, 0.15) is 26.2 Å². The van der Waals surface area contributed by atoms with Gasteiger partial charge in [-0.15, -0.1) is 11.8 Å². The lowest BCUT2D eigenvalue weighted by molar-refractivity contribution is 0.213. The standard InChI is InChI=1S/C10H18N2/c1-2-3-4-7-12-8-5-6-10(11)9-12/h10H,4-9,11H2,1H3/t10-/m1/s1. The molecule has 1 aliphatic heterocycles. The van der Waals surface area contributed by atoms with Crippen LogP contribution >= 0.6 is 0 Å². The highest BCUT2D eigenvalue weighted by atomic mass is 15.1. The Morgan fingerprint density at radius 3 is 3.08 bits per heavy atom. The smallest absolute Gasteiger partial charge is 0.0216 e. The molecule has 0 aliphatic carbocycles. The van der Waals surface area contributed by atoms with Crippen molar-refractivity contribution in [3.63, 3.8) is 0 Å². The summed E-state index contributed by atoms with van der Waals surface area (Å²) in [6.07, 6.45) is 3.43. The molecule has 12 heavy (non-hydrogen) atoms. The van der Waals surface area contributed by atoms with Crippen LogP contribution in [0.15, 0.2) is 0 Å². The van der Waals surface area contributed by atoms with E-state index in [1.165, 1.54) is 19.4 Å². The topological polar surface area (TPSA) is 29.3 Å². The van der Waals surface area contributed by atoms with Crippen molar-refractivity contribution in [2.45, 2.75) is 32.2 Å². The Morgan fingerprint density at radius 1 is 1.58 bits per heavy atom. The Balaban J connectivity index is 2.17. The largest absolute Gasteiger partial charge is 0.327 e. The molecular formula is C10H18N2. The minimum Gasteiger partial charge on any atom is -0.327 e. The monoisotopic (exact) mass is 166 g/mol. The van der Waals surface area contributed by atoms with E-state index in [0.29, 0.717) is 6.04 Å². The first kappa shape index (κ1) is 9.57. The summed E-state index contributed by atoms with van der Waals surface area (Å²) in [4.78, 5) is 2.42. The molecule has 0 amide bonds. The third kappa shape index (κ3) is 3.25. The van der Waals surface area contributed by atoms with Crippen molar-refractivity contribution in [3.05, 3.63) is 0 Å². The zero-order valence-electron chi connectivity index (χ0n) is 7.84. The second-order valence-corrected chi connectivity index (χ2v) is 3.38. The number of hydrogen-bond donors (Lipinski definition) is 1. The van der Waals surface area contributed by atoms with Crippen molar-refractivity contribution < 1.29 is 0 Å². The van der Waals surface area contributed by atoms with Gasteiger partial charge in [0.25, 0.3) is 0 Å². The van der Waals surface area contributed by atoms with Crippen LogP contribution in [-0.2, 0) is 0 Å². The first-order valence-electron chi connectivity index (χ1n) is 4.70. The fraction of sp³-hybridized carbons (Fsp3) is 0.800. The van der Waals surface area contributed by atoms with Gasteiger partial charge < -0.3 is 10.6 Å². The van der Waals surface area contributed by atoms with E-state index in [1.54, 1.807) is 0 Å². The highest BCUT2D eigenvalue weighted by molar-refractivity contribution is 4.95. The minimum atomic E-state index is 0.397. The molecule has 68 valence electrons. The molecule has 0 spiro atoms. The molecule has 0 radical (unpaired) electrons. The van der Waals surface area contributed by atoms with Crippen LogP contribution in [-0.4, -0.2) is 30.6 Å². The Labute approximate surface area is 75.1 Å². The maximum absolute atomic E-state index is 5.85. The van der Waals surface area contributed by atoms with Gasteiger partial charge in [-0.05, 0) is 26.3 Å². The average molecular weight is 166 g/mol. The van der Waals surface area contributed by atoms with Gasteiger partial charge in [-0.25, -0.2) is 0 Å². The Hall–Kier alpha value is -0.520. The Kier molecular flexibility index (Phi) is 4.13. The van der Waals surface area contributed by atoms with E-state index in [1.807, 2.05) is 6.92 Å². The third-order valence-corrected chi connectivity index (χ3v) is 2.27. The molecule has 1 atom stereocenters. The van der Waals surface area contributed by atoms with Gasteiger partial charge in [0.1, 0.15) is 0 Å². The molecule has 0 unspecified atom stereocenters. The quantitative estimate of drug-likeness (QED) is 0.615. The predicted molar refractivity (Wildman–Crippen MR) is 51.7 cm³/mol. The molecule has 1 heterocycles. The van der Waals surface area contributed by atoms with Crippen molar-refractivity contribution in [3.8, 4) is 11.8 Å². The van der Waals surface area contributed by atoms with Gasteiger partial charge in [-0.1, -0.05) is 0 Å². The molecule has 1 saturated heterocycles. The molecule has 2 heteroatoms. The van der Waals surface area contributed by atoms with E-state index in [2.05, 4.69) is 16.7 Å². The van der Waals surface area contributed by atoms with E-state index < -0.39 is 0 Å². The van der Waals surface area contributed by atoms with Crippen molar-refractivity contribution in [2.24, 2.45) is 5.73 Å². The highest BCUT2D eigenvalue weighted by Gasteiger charge is 2.14. The number of piperidine rings is 1. The molecule has 0 aromatic rings. The van der Waals surface area contributed by atoms with Crippen molar-refractivity contribution >= 4 is 0 Å². The molecule has 0 aromatic carbocycles. The fourth-order valence-electron chi connectivity index (χ4n) is 1.63. The first-order chi connectivity index (χ1) is 5.83. The van der Waals surface area contributed by atoms with Crippen LogP contribution in [0.2, 0.25) is 0 Å². The van der Waals surface area contributed by atoms with E-state index >= 15 is 0 Å². The van der Waals surface area contributed by atoms with Gasteiger partial charge in [0.05, 0.1) is 0 Å². The minimum absolute atomic E-state index is 0.397. The summed E-state index contributed by atoms with van der Waals surface area (Å²) in [6.45, 7) is 5.25. The molecule has 2 nitrogen and oxygen atoms in total. The molecule has 2 N–H and O–H groups in total. The number of nitrogens with zero attached hydrogens (tertiary/aromatic N) is 1. The number of nitrogens with two attached hydrogens (primary N) is 1. The normalized spacial score (nSPS) is 24.7. The zero-order chi connectivity index (χ0) is 8.81.